The number of nitrogens with two attached hydrogens (primary N) is 1. The Morgan fingerprint density at radius 3 is 2.93 bits per heavy atom. The second-order valence-electron chi connectivity index (χ2n) is 3.44. The van der Waals surface area contributed by atoms with E-state index in [9.17, 15) is 4.79 Å². The van der Waals surface area contributed by atoms with Crippen LogP contribution in [-0.4, -0.2) is 22.1 Å². The van der Waals surface area contributed by atoms with Crippen molar-refractivity contribution in [1.29, 1.82) is 0 Å². The number of unbranched alkanes of at least 4 members (excludes halogenated alkanes) is 1. The minimum Gasteiger partial charge on any atom is -0.330 e. The Morgan fingerprint density at radius 2 is 2.36 bits per heavy atom. The third-order valence-electron chi connectivity index (χ3n) is 2.06. The second-order valence-corrected chi connectivity index (χ2v) is 3.44. The first-order valence-electron chi connectivity index (χ1n) is 4.92. The number of carbonyl (C=O) groups is 1. The number of rotatable bonds is 6. The van der Waals surface area contributed by atoms with Crippen LogP contribution in [0.2, 0.25) is 0 Å². The zero-order valence-corrected chi connectivity index (χ0v) is 8.57. The minimum atomic E-state index is 0.247. The van der Waals surface area contributed by atoms with Crippen LogP contribution in [-0.2, 0) is 18.3 Å². The lowest BCUT2D eigenvalue weighted by atomic mass is 10.1. The molecule has 4 heteroatoms. The van der Waals surface area contributed by atoms with Crippen LogP contribution in [0.4, 0.5) is 0 Å². The fraction of sp³-hybridized carbons (Fsp3) is 0.600. The van der Waals surface area contributed by atoms with Gasteiger partial charge in [-0.1, -0.05) is 0 Å². The van der Waals surface area contributed by atoms with Gasteiger partial charge in [0.1, 0.15) is 5.78 Å². The highest BCUT2D eigenvalue weighted by atomic mass is 16.1. The van der Waals surface area contributed by atoms with Crippen LogP contribution in [0.3, 0.4) is 0 Å². The Hall–Kier alpha value is -1.16. The van der Waals surface area contributed by atoms with Crippen LogP contribution < -0.4 is 5.73 Å². The highest BCUT2D eigenvalue weighted by Crippen LogP contribution is 2.02. The number of nitrogens with zero attached hydrogens (tertiary/aromatic N) is 2. The Balaban J connectivity index is 2.27. The van der Waals surface area contributed by atoms with E-state index in [0.29, 0.717) is 19.4 Å². The molecule has 0 amide bonds. The van der Waals surface area contributed by atoms with Gasteiger partial charge in [0.05, 0.1) is 12.1 Å². The quantitative estimate of drug-likeness (QED) is 0.678. The third kappa shape index (κ3) is 3.70. The van der Waals surface area contributed by atoms with E-state index in [2.05, 4.69) is 5.10 Å². The number of Topliss-reactive ketones (excluding diaryl/α,β-unsaturated/α-hetero) is 1. The van der Waals surface area contributed by atoms with Crippen molar-refractivity contribution in [3.63, 3.8) is 0 Å². The van der Waals surface area contributed by atoms with Crippen molar-refractivity contribution in [2.45, 2.75) is 25.7 Å². The maximum Gasteiger partial charge on any atom is 0.138 e. The lowest BCUT2D eigenvalue weighted by Gasteiger charge is -1.97. The molecule has 0 bridgehead atoms. The van der Waals surface area contributed by atoms with E-state index in [0.717, 1.165) is 18.5 Å². The SMILES string of the molecule is Cn1ccc(CC(=O)CCCCN)n1. The summed E-state index contributed by atoms with van der Waals surface area (Å²) in [5, 5.41) is 4.15. The van der Waals surface area contributed by atoms with Crippen molar-refractivity contribution >= 4 is 5.78 Å². The molecule has 0 aliphatic carbocycles. The van der Waals surface area contributed by atoms with Gasteiger partial charge in [-0.2, -0.15) is 5.10 Å². The summed E-state index contributed by atoms with van der Waals surface area (Å²) in [6, 6.07) is 1.88. The molecule has 0 spiro atoms. The average molecular weight is 195 g/mol. The van der Waals surface area contributed by atoms with Crippen LogP contribution in [0.1, 0.15) is 25.0 Å². The van der Waals surface area contributed by atoms with Crippen molar-refractivity contribution in [1.82, 2.24) is 9.78 Å². The van der Waals surface area contributed by atoms with Crippen LogP contribution in [0.25, 0.3) is 0 Å². The second kappa shape index (κ2) is 5.54. The molecule has 0 aliphatic heterocycles. The summed E-state index contributed by atoms with van der Waals surface area (Å²) >= 11 is 0. The zero-order chi connectivity index (χ0) is 10.4. The van der Waals surface area contributed by atoms with Crippen LogP contribution >= 0.6 is 0 Å². The number of carbonyl (C=O) groups excluding carboxylic acids is 1. The van der Waals surface area contributed by atoms with E-state index in [4.69, 9.17) is 5.73 Å². The molecule has 1 aromatic heterocycles. The molecule has 0 atom stereocenters. The number of aromatic nitrogens is 2. The summed E-state index contributed by atoms with van der Waals surface area (Å²) in [7, 11) is 1.85. The molecule has 2 N–H and O–H groups in total. The van der Waals surface area contributed by atoms with Crippen molar-refractivity contribution in [2.24, 2.45) is 12.8 Å². The van der Waals surface area contributed by atoms with Gasteiger partial charge < -0.3 is 5.73 Å². The predicted octanol–water partition coefficient (Wildman–Crippen LogP) is 0.661. The first-order chi connectivity index (χ1) is 6.72. The summed E-state index contributed by atoms with van der Waals surface area (Å²) < 4.78 is 1.71. The monoisotopic (exact) mass is 195 g/mol. The lowest BCUT2D eigenvalue weighted by molar-refractivity contribution is -0.118. The molecule has 0 radical (unpaired) electrons. The largest absolute Gasteiger partial charge is 0.330 e. The smallest absolute Gasteiger partial charge is 0.138 e. The predicted molar refractivity (Wildman–Crippen MR) is 54.8 cm³/mol. The van der Waals surface area contributed by atoms with Gasteiger partial charge >= 0.3 is 0 Å². The standard InChI is InChI=1S/C10H17N3O/c1-13-7-5-9(12-13)8-10(14)4-2-3-6-11/h5,7H,2-4,6,8,11H2,1H3. The van der Waals surface area contributed by atoms with Gasteiger partial charge in [0.25, 0.3) is 0 Å². The molecule has 0 unspecified atom stereocenters. The van der Waals surface area contributed by atoms with Gasteiger partial charge in [-0.3, -0.25) is 9.48 Å². The normalized spacial score (nSPS) is 10.4. The number of hydrogen-bond donors (Lipinski definition) is 1. The fourth-order valence-corrected chi connectivity index (χ4v) is 1.31. The third-order valence-corrected chi connectivity index (χ3v) is 2.06. The Kier molecular flexibility index (Phi) is 4.32. The molecular formula is C10H17N3O. The van der Waals surface area contributed by atoms with E-state index in [1.807, 2.05) is 19.3 Å². The van der Waals surface area contributed by atoms with Gasteiger partial charge in [-0.25, -0.2) is 0 Å². The summed E-state index contributed by atoms with van der Waals surface area (Å²) in [5.74, 6) is 0.247. The molecular weight excluding hydrogens is 178 g/mol. The molecule has 1 aromatic rings. The molecule has 0 fully saturated rings. The van der Waals surface area contributed by atoms with Gasteiger partial charge in [-0.15, -0.1) is 0 Å². The zero-order valence-electron chi connectivity index (χ0n) is 8.57. The first kappa shape index (κ1) is 10.9. The molecule has 0 saturated heterocycles. The Bertz CT molecular complexity index is 293. The van der Waals surface area contributed by atoms with Crippen molar-refractivity contribution in [3.8, 4) is 0 Å². The number of hydrogen-bond acceptors (Lipinski definition) is 3. The lowest BCUT2D eigenvalue weighted by Crippen LogP contribution is -2.05. The summed E-state index contributed by atoms with van der Waals surface area (Å²) in [6.07, 6.45) is 4.73. The Labute approximate surface area is 84.1 Å². The number of aryl methyl sites for hydroxylation is 1. The molecule has 78 valence electrons. The summed E-state index contributed by atoms with van der Waals surface area (Å²) in [4.78, 5) is 11.4. The Morgan fingerprint density at radius 1 is 1.57 bits per heavy atom. The maximum atomic E-state index is 11.4. The minimum absolute atomic E-state index is 0.247. The van der Waals surface area contributed by atoms with Crippen LogP contribution in [0.5, 0.6) is 0 Å². The van der Waals surface area contributed by atoms with Crippen molar-refractivity contribution in [2.75, 3.05) is 6.54 Å². The van der Waals surface area contributed by atoms with E-state index < -0.39 is 0 Å². The van der Waals surface area contributed by atoms with Gasteiger partial charge in [-0.05, 0) is 25.5 Å². The van der Waals surface area contributed by atoms with Gasteiger partial charge in [0.2, 0.25) is 0 Å². The topological polar surface area (TPSA) is 60.9 Å². The molecule has 14 heavy (non-hydrogen) atoms. The van der Waals surface area contributed by atoms with Gasteiger partial charge in [0, 0.05) is 19.7 Å². The molecule has 1 heterocycles. The van der Waals surface area contributed by atoms with Crippen molar-refractivity contribution < 1.29 is 4.79 Å². The molecule has 0 saturated carbocycles. The maximum absolute atomic E-state index is 11.4. The molecule has 0 aliphatic rings. The highest BCUT2D eigenvalue weighted by Gasteiger charge is 2.05. The van der Waals surface area contributed by atoms with Crippen LogP contribution in [0.15, 0.2) is 12.3 Å². The fourth-order valence-electron chi connectivity index (χ4n) is 1.31. The molecule has 0 aromatic carbocycles. The number of ketones is 1. The first-order valence-corrected chi connectivity index (χ1v) is 4.92. The average Bonchev–Trinajstić information content (AvgIpc) is 2.52. The van der Waals surface area contributed by atoms with Gasteiger partial charge in [0.15, 0.2) is 0 Å². The van der Waals surface area contributed by atoms with Crippen molar-refractivity contribution in [3.05, 3.63) is 18.0 Å². The highest BCUT2D eigenvalue weighted by molar-refractivity contribution is 5.80. The summed E-state index contributed by atoms with van der Waals surface area (Å²) in [5.41, 5.74) is 6.20. The van der Waals surface area contributed by atoms with E-state index in [1.165, 1.54) is 0 Å². The summed E-state index contributed by atoms with van der Waals surface area (Å²) in [6.45, 7) is 0.664. The molecule has 1 rings (SSSR count). The molecule has 4 nitrogen and oxygen atoms in total. The van der Waals surface area contributed by atoms with E-state index in [-0.39, 0.29) is 5.78 Å². The van der Waals surface area contributed by atoms with E-state index in [1.54, 1.807) is 4.68 Å². The van der Waals surface area contributed by atoms with E-state index >= 15 is 0 Å². The van der Waals surface area contributed by atoms with Crippen LogP contribution in [0, 0.1) is 0 Å².